The van der Waals surface area contributed by atoms with Crippen LogP contribution in [0.4, 0.5) is 4.39 Å². The molecule has 8 atom stereocenters. The highest BCUT2D eigenvalue weighted by Gasteiger charge is 2.77. The number of benzene rings is 1. The van der Waals surface area contributed by atoms with Crippen LogP contribution in [0, 0.1) is 34.4 Å². The molecule has 0 bridgehead atoms. The van der Waals surface area contributed by atoms with Gasteiger partial charge in [0, 0.05) is 25.2 Å². The lowest BCUT2D eigenvalue weighted by Gasteiger charge is -2.62. The third-order valence-electron chi connectivity index (χ3n) is 12.4. The predicted molar refractivity (Wildman–Crippen MR) is 157 cm³/mol. The van der Waals surface area contributed by atoms with E-state index < -0.39 is 11.4 Å². The SMILES string of the molecule is COCO[C@H]1C[C@@]2(C)[C@@H](CC[C@@]23OCOC32COCO2)[C@@H]2CCC3=Cc4c(cnn4-c4ccc(F)c(COC)c4)C[C@]3(C)[C@H]21. The lowest BCUT2D eigenvalue weighted by atomic mass is 9.45. The number of hydrogen-bond donors (Lipinski definition) is 0. The number of nitrogens with zero attached hydrogens (tertiary/aromatic N) is 2. The number of methoxy groups -OCH3 is 2. The summed E-state index contributed by atoms with van der Waals surface area (Å²) >= 11 is 0. The molecule has 6 aliphatic rings. The summed E-state index contributed by atoms with van der Waals surface area (Å²) in [5.41, 5.74) is 4.22. The highest BCUT2D eigenvalue weighted by atomic mass is 19.1. The molecule has 2 aromatic rings. The first-order valence-corrected chi connectivity index (χ1v) is 15.9. The van der Waals surface area contributed by atoms with E-state index in [1.807, 2.05) is 16.9 Å². The van der Waals surface area contributed by atoms with Crippen molar-refractivity contribution in [3.63, 3.8) is 0 Å². The molecular formula is C34H43FN2O7. The van der Waals surface area contributed by atoms with Crippen LogP contribution in [-0.4, -0.2) is 68.5 Å². The second-order valence-corrected chi connectivity index (χ2v) is 14.1. The largest absolute Gasteiger partial charge is 0.380 e. The van der Waals surface area contributed by atoms with Crippen LogP contribution in [0.2, 0.25) is 0 Å². The first-order valence-electron chi connectivity index (χ1n) is 15.9. The highest BCUT2D eigenvalue weighted by Crippen LogP contribution is 2.72. The minimum absolute atomic E-state index is 0.0289. The number of ether oxygens (including phenoxy) is 7. The minimum atomic E-state index is -0.865. The van der Waals surface area contributed by atoms with Gasteiger partial charge < -0.3 is 33.2 Å². The molecule has 10 heteroatoms. The Morgan fingerprint density at radius 2 is 1.95 bits per heavy atom. The van der Waals surface area contributed by atoms with Crippen LogP contribution in [0.25, 0.3) is 11.8 Å². The van der Waals surface area contributed by atoms with Crippen molar-refractivity contribution >= 4 is 6.08 Å². The van der Waals surface area contributed by atoms with Gasteiger partial charge in [-0.3, -0.25) is 0 Å². The zero-order valence-electron chi connectivity index (χ0n) is 26.1. The number of aromatic nitrogens is 2. The number of fused-ring (bicyclic) bond motifs is 8. The second-order valence-electron chi connectivity index (χ2n) is 14.1. The summed E-state index contributed by atoms with van der Waals surface area (Å²) in [5, 5.41) is 4.82. The van der Waals surface area contributed by atoms with Gasteiger partial charge >= 0.3 is 0 Å². The lowest BCUT2D eigenvalue weighted by Crippen LogP contribution is -2.66. The number of halogens is 1. The van der Waals surface area contributed by atoms with Gasteiger partial charge in [0.05, 0.1) is 30.3 Å². The van der Waals surface area contributed by atoms with Gasteiger partial charge in [0.2, 0.25) is 5.79 Å². The Kier molecular flexibility index (Phi) is 6.92. The molecule has 2 spiro atoms. The minimum Gasteiger partial charge on any atom is -0.380 e. The molecule has 0 amide bonds. The Bertz CT molecular complexity index is 1470. The standard InChI is InChI=1S/C34H43FN2O7/c1-31-13-22-15-36-37(24-6-8-27(35)21(11-24)16-38-3)28(22)12-23(31)5-7-25-26-9-10-33(34(44-20-42-33)17-40-19-43-34)32(26,2)14-29(30(25)31)41-18-39-4/h6,8,11-12,15,25-26,29-30H,5,7,9-10,13-14,16-20H2,1-4H3/t25-,26-,29-,30+,31-,32-,33+,34?/m0/s1. The van der Waals surface area contributed by atoms with Crippen molar-refractivity contribution in [3.8, 4) is 5.69 Å². The van der Waals surface area contributed by atoms with Crippen molar-refractivity contribution in [1.82, 2.24) is 9.78 Å². The first kappa shape index (κ1) is 29.2. The van der Waals surface area contributed by atoms with Crippen LogP contribution in [-0.2, 0) is 46.2 Å². The van der Waals surface area contributed by atoms with Crippen LogP contribution >= 0.6 is 0 Å². The fourth-order valence-electron chi connectivity index (χ4n) is 10.6. The summed E-state index contributed by atoms with van der Waals surface area (Å²) in [7, 11) is 3.27. The van der Waals surface area contributed by atoms with E-state index in [0.717, 1.165) is 49.9 Å². The highest BCUT2D eigenvalue weighted by molar-refractivity contribution is 5.62. The summed E-state index contributed by atoms with van der Waals surface area (Å²) in [4.78, 5) is 0. The molecule has 5 fully saturated rings. The molecule has 2 saturated heterocycles. The van der Waals surface area contributed by atoms with Crippen molar-refractivity contribution in [3.05, 3.63) is 52.6 Å². The monoisotopic (exact) mass is 610 g/mol. The van der Waals surface area contributed by atoms with E-state index >= 15 is 0 Å². The summed E-state index contributed by atoms with van der Waals surface area (Å²) in [6.07, 6.45) is 10.1. The van der Waals surface area contributed by atoms with Crippen molar-refractivity contribution in [1.29, 1.82) is 0 Å². The zero-order valence-corrected chi connectivity index (χ0v) is 26.1. The van der Waals surface area contributed by atoms with E-state index in [-0.39, 0.29) is 49.7 Å². The van der Waals surface area contributed by atoms with E-state index in [4.69, 9.17) is 38.3 Å². The number of hydrogen-bond acceptors (Lipinski definition) is 8. The maximum absolute atomic E-state index is 14.4. The molecule has 238 valence electrons. The second kappa shape index (κ2) is 10.4. The molecular weight excluding hydrogens is 567 g/mol. The molecule has 3 saturated carbocycles. The van der Waals surface area contributed by atoms with Gasteiger partial charge in [-0.1, -0.05) is 19.4 Å². The van der Waals surface area contributed by atoms with E-state index in [1.165, 1.54) is 17.2 Å². The van der Waals surface area contributed by atoms with Crippen LogP contribution in [0.3, 0.4) is 0 Å². The van der Waals surface area contributed by atoms with Gasteiger partial charge in [-0.15, -0.1) is 0 Å². The Morgan fingerprint density at radius 1 is 1.09 bits per heavy atom. The average Bonchev–Trinajstić information content (AvgIpc) is 3.79. The summed E-state index contributed by atoms with van der Waals surface area (Å²) < 4.78 is 58.6. The van der Waals surface area contributed by atoms with Gasteiger partial charge in [0.25, 0.3) is 0 Å². The Hall–Kier alpha value is -2.18. The van der Waals surface area contributed by atoms with Gasteiger partial charge in [-0.25, -0.2) is 9.07 Å². The van der Waals surface area contributed by atoms with Crippen molar-refractivity contribution < 1.29 is 37.5 Å². The van der Waals surface area contributed by atoms with Crippen LogP contribution in [0.1, 0.15) is 62.8 Å². The third kappa shape index (κ3) is 3.85. The molecule has 0 radical (unpaired) electrons. The van der Waals surface area contributed by atoms with Gasteiger partial charge in [-0.2, -0.15) is 5.10 Å². The Balaban J connectivity index is 1.16. The normalized spacial score (nSPS) is 40.6. The van der Waals surface area contributed by atoms with Gasteiger partial charge in [-0.05, 0) is 91.5 Å². The van der Waals surface area contributed by atoms with Gasteiger partial charge in [0.1, 0.15) is 24.8 Å². The van der Waals surface area contributed by atoms with Crippen molar-refractivity contribution in [2.75, 3.05) is 41.2 Å². The van der Waals surface area contributed by atoms with Crippen LogP contribution in [0.5, 0.6) is 0 Å². The Labute approximate surface area is 257 Å². The fourth-order valence-corrected chi connectivity index (χ4v) is 10.6. The number of rotatable bonds is 6. The molecule has 3 heterocycles. The average molecular weight is 611 g/mol. The molecule has 0 N–H and O–H groups in total. The van der Waals surface area contributed by atoms with Crippen LogP contribution < -0.4 is 0 Å². The summed E-state index contributed by atoms with van der Waals surface area (Å²) in [6, 6.07) is 5.13. The maximum Gasteiger partial charge on any atom is 0.226 e. The van der Waals surface area contributed by atoms with E-state index in [0.29, 0.717) is 29.9 Å². The quantitative estimate of drug-likeness (QED) is 0.404. The molecule has 44 heavy (non-hydrogen) atoms. The van der Waals surface area contributed by atoms with Gasteiger partial charge in [0.15, 0.2) is 13.6 Å². The molecule has 8 rings (SSSR count). The number of allylic oxidation sites excluding steroid dienone is 1. The van der Waals surface area contributed by atoms with Crippen molar-refractivity contribution in [2.24, 2.45) is 28.6 Å². The smallest absolute Gasteiger partial charge is 0.226 e. The summed E-state index contributed by atoms with van der Waals surface area (Å²) in [5.74, 6) is 0.0647. The van der Waals surface area contributed by atoms with E-state index in [1.54, 1.807) is 20.3 Å². The zero-order chi connectivity index (χ0) is 30.3. The maximum atomic E-state index is 14.4. The van der Waals surface area contributed by atoms with E-state index in [2.05, 4.69) is 19.9 Å². The first-order chi connectivity index (χ1) is 21.3. The fraction of sp³-hybridized carbons (Fsp3) is 0.676. The molecule has 2 aliphatic heterocycles. The third-order valence-corrected chi connectivity index (χ3v) is 12.4. The van der Waals surface area contributed by atoms with E-state index in [9.17, 15) is 4.39 Å². The molecule has 4 aliphatic carbocycles. The Morgan fingerprint density at radius 3 is 2.75 bits per heavy atom. The van der Waals surface area contributed by atoms with Crippen LogP contribution in [0.15, 0.2) is 30.0 Å². The summed E-state index contributed by atoms with van der Waals surface area (Å²) in [6.45, 7) is 6.14. The molecule has 1 aromatic heterocycles. The topological polar surface area (TPSA) is 82.4 Å². The molecule has 1 unspecified atom stereocenters. The lowest BCUT2D eigenvalue weighted by molar-refractivity contribution is -0.264. The molecule has 9 nitrogen and oxygen atoms in total. The molecule has 1 aromatic carbocycles. The van der Waals surface area contributed by atoms with Crippen molar-refractivity contribution in [2.45, 2.75) is 76.5 Å². The predicted octanol–water partition coefficient (Wildman–Crippen LogP) is 5.38.